The summed E-state index contributed by atoms with van der Waals surface area (Å²) in [4.78, 5) is 12.5. The fourth-order valence-electron chi connectivity index (χ4n) is 3.37. The number of ether oxygens (including phenoxy) is 1. The number of hydrogen-bond donors (Lipinski definition) is 2. The molecule has 0 aliphatic rings. The number of nitrogens with one attached hydrogen (secondary N) is 1. The Morgan fingerprint density at radius 2 is 1.70 bits per heavy atom. The van der Waals surface area contributed by atoms with E-state index in [0.29, 0.717) is 6.54 Å². The summed E-state index contributed by atoms with van der Waals surface area (Å²) in [7, 11) is 1.64. The average Bonchev–Trinajstić information content (AvgIpc) is 2.71. The number of amides is 1. The second-order valence-electron chi connectivity index (χ2n) is 6.90. The van der Waals surface area contributed by atoms with Crippen LogP contribution >= 0.6 is 0 Å². The molecule has 0 aliphatic heterocycles. The molecule has 27 heavy (non-hydrogen) atoms. The van der Waals surface area contributed by atoms with Crippen LogP contribution in [0.15, 0.2) is 66.7 Å². The molecule has 3 aromatic carbocycles. The Kier molecular flexibility index (Phi) is 6.09. The Morgan fingerprint density at radius 1 is 1.00 bits per heavy atom. The molecule has 0 heterocycles. The molecule has 4 nitrogen and oxygen atoms in total. The van der Waals surface area contributed by atoms with Crippen molar-refractivity contribution in [2.24, 2.45) is 0 Å². The fourth-order valence-corrected chi connectivity index (χ4v) is 3.37. The topological polar surface area (TPSA) is 54.9 Å². The largest absolute Gasteiger partial charge is 0.497 e. The molecule has 0 bridgehead atoms. The maximum atomic E-state index is 12.5. The minimum absolute atomic E-state index is 0.0397. The lowest BCUT2D eigenvalue weighted by Gasteiger charge is -2.18. The van der Waals surface area contributed by atoms with Crippen LogP contribution in [0.1, 0.15) is 31.0 Å². The van der Waals surface area contributed by atoms with Crippen molar-refractivity contribution >= 4 is 16.7 Å². The van der Waals surface area contributed by atoms with E-state index in [9.17, 15) is 4.79 Å². The van der Waals surface area contributed by atoms with Crippen molar-refractivity contribution in [1.82, 2.24) is 5.32 Å². The van der Waals surface area contributed by atoms with Gasteiger partial charge >= 0.3 is 0 Å². The van der Waals surface area contributed by atoms with Crippen LogP contribution in [0.2, 0.25) is 0 Å². The first-order chi connectivity index (χ1) is 13.1. The van der Waals surface area contributed by atoms with Crippen LogP contribution in [-0.4, -0.2) is 19.1 Å². The number of quaternary nitrogens is 1. The van der Waals surface area contributed by atoms with Gasteiger partial charge in [0.1, 0.15) is 11.8 Å². The normalized spacial score (nSPS) is 13.1. The molecule has 0 fully saturated rings. The SMILES string of the molecule is COc1ccc(CNC(=O)[C@@H](C)[NH2+][C@H](C)c2cccc3ccccc23)cc1. The predicted octanol–water partition coefficient (Wildman–Crippen LogP) is 3.18. The molecule has 0 aliphatic carbocycles. The Morgan fingerprint density at radius 3 is 2.44 bits per heavy atom. The van der Waals surface area contributed by atoms with Gasteiger partial charge in [0.15, 0.2) is 6.04 Å². The van der Waals surface area contributed by atoms with Crippen molar-refractivity contribution < 1.29 is 14.8 Å². The zero-order valence-electron chi connectivity index (χ0n) is 16.1. The average molecular weight is 363 g/mol. The Balaban J connectivity index is 1.59. The van der Waals surface area contributed by atoms with Crippen LogP contribution in [0.25, 0.3) is 10.8 Å². The Labute approximate surface area is 160 Å². The molecule has 0 radical (unpaired) electrons. The molecule has 3 aromatic rings. The van der Waals surface area contributed by atoms with Gasteiger partial charge in [-0.2, -0.15) is 0 Å². The molecule has 0 saturated carbocycles. The third-order valence-electron chi connectivity index (χ3n) is 4.93. The molecule has 140 valence electrons. The van der Waals surface area contributed by atoms with E-state index in [2.05, 4.69) is 60.0 Å². The van der Waals surface area contributed by atoms with Crippen LogP contribution < -0.4 is 15.4 Å². The number of benzene rings is 3. The van der Waals surface area contributed by atoms with Crippen molar-refractivity contribution in [1.29, 1.82) is 0 Å². The maximum Gasteiger partial charge on any atom is 0.278 e. The van der Waals surface area contributed by atoms with Gasteiger partial charge in [0.2, 0.25) is 0 Å². The number of rotatable bonds is 7. The number of fused-ring (bicyclic) bond motifs is 1. The summed E-state index contributed by atoms with van der Waals surface area (Å²) in [5.74, 6) is 0.855. The van der Waals surface area contributed by atoms with Gasteiger partial charge in [-0.3, -0.25) is 4.79 Å². The molecule has 3 rings (SSSR count). The minimum atomic E-state index is -0.169. The number of methoxy groups -OCH3 is 1. The van der Waals surface area contributed by atoms with E-state index in [4.69, 9.17) is 4.74 Å². The zero-order chi connectivity index (χ0) is 19.2. The van der Waals surface area contributed by atoms with Gasteiger partial charge in [0.05, 0.1) is 7.11 Å². The smallest absolute Gasteiger partial charge is 0.278 e. The van der Waals surface area contributed by atoms with Crippen LogP contribution in [0.3, 0.4) is 0 Å². The van der Waals surface area contributed by atoms with Crippen molar-refractivity contribution in [2.75, 3.05) is 7.11 Å². The summed E-state index contributed by atoms with van der Waals surface area (Å²) in [6.07, 6.45) is 0. The summed E-state index contributed by atoms with van der Waals surface area (Å²) in [6, 6.07) is 22.5. The van der Waals surface area contributed by atoms with Gasteiger partial charge in [-0.25, -0.2) is 0 Å². The zero-order valence-corrected chi connectivity index (χ0v) is 16.1. The molecule has 1 amide bonds. The third-order valence-corrected chi connectivity index (χ3v) is 4.93. The summed E-state index contributed by atoms with van der Waals surface area (Å²) in [6.45, 7) is 4.61. The monoisotopic (exact) mass is 363 g/mol. The molecular formula is C23H27N2O2+. The van der Waals surface area contributed by atoms with E-state index >= 15 is 0 Å². The van der Waals surface area contributed by atoms with E-state index in [0.717, 1.165) is 11.3 Å². The molecule has 4 heteroatoms. The summed E-state index contributed by atoms with van der Waals surface area (Å²) < 4.78 is 5.16. The summed E-state index contributed by atoms with van der Waals surface area (Å²) in [5, 5.41) is 7.61. The number of nitrogens with two attached hydrogens (primary N) is 1. The summed E-state index contributed by atoms with van der Waals surface area (Å²) >= 11 is 0. The quantitative estimate of drug-likeness (QED) is 0.677. The molecule has 0 saturated heterocycles. The first-order valence-corrected chi connectivity index (χ1v) is 9.32. The molecular weight excluding hydrogens is 336 g/mol. The highest BCUT2D eigenvalue weighted by Gasteiger charge is 2.21. The minimum Gasteiger partial charge on any atom is -0.497 e. The van der Waals surface area contributed by atoms with Crippen LogP contribution in [0, 0.1) is 0 Å². The lowest BCUT2D eigenvalue weighted by Crippen LogP contribution is -2.92. The lowest BCUT2D eigenvalue weighted by molar-refractivity contribution is -0.710. The number of hydrogen-bond acceptors (Lipinski definition) is 2. The summed E-state index contributed by atoms with van der Waals surface area (Å²) in [5.41, 5.74) is 2.31. The number of carbonyl (C=O) groups excluding carboxylic acids is 1. The van der Waals surface area contributed by atoms with Crippen molar-refractivity contribution in [3.8, 4) is 5.75 Å². The molecule has 0 aromatic heterocycles. The fraction of sp³-hybridized carbons (Fsp3) is 0.261. The molecule has 3 N–H and O–H groups in total. The number of carbonyl (C=O) groups is 1. The van der Waals surface area contributed by atoms with Crippen molar-refractivity contribution in [2.45, 2.75) is 32.5 Å². The van der Waals surface area contributed by atoms with Gasteiger partial charge in [0, 0.05) is 12.1 Å². The van der Waals surface area contributed by atoms with Gasteiger partial charge in [-0.05, 0) is 42.3 Å². The highest BCUT2D eigenvalue weighted by Crippen LogP contribution is 2.22. The van der Waals surface area contributed by atoms with Crippen molar-refractivity contribution in [3.63, 3.8) is 0 Å². The standard InChI is InChI=1S/C23H26N2O2/c1-16(21-10-6-8-19-7-4-5-9-22(19)21)25-17(2)23(26)24-15-18-11-13-20(27-3)14-12-18/h4-14,16-17,25H,15H2,1-3H3,(H,24,26)/p+1/t16-,17-/m1/s1. The second kappa shape index (κ2) is 8.69. The van der Waals surface area contributed by atoms with E-state index in [-0.39, 0.29) is 18.0 Å². The van der Waals surface area contributed by atoms with Gasteiger partial charge in [-0.15, -0.1) is 0 Å². The van der Waals surface area contributed by atoms with E-state index in [1.165, 1.54) is 16.3 Å². The van der Waals surface area contributed by atoms with Crippen LogP contribution in [0.5, 0.6) is 5.75 Å². The first kappa shape index (κ1) is 18.9. The lowest BCUT2D eigenvalue weighted by atomic mass is 9.99. The Bertz CT molecular complexity index is 900. The highest BCUT2D eigenvalue weighted by molar-refractivity contribution is 5.86. The van der Waals surface area contributed by atoms with E-state index in [1.54, 1.807) is 7.11 Å². The van der Waals surface area contributed by atoms with E-state index < -0.39 is 0 Å². The maximum absolute atomic E-state index is 12.5. The van der Waals surface area contributed by atoms with Gasteiger partial charge in [-0.1, -0.05) is 54.6 Å². The second-order valence-corrected chi connectivity index (χ2v) is 6.90. The van der Waals surface area contributed by atoms with Crippen molar-refractivity contribution in [3.05, 3.63) is 77.9 Å². The third kappa shape index (κ3) is 4.66. The predicted molar refractivity (Wildman–Crippen MR) is 109 cm³/mol. The van der Waals surface area contributed by atoms with E-state index in [1.807, 2.05) is 31.2 Å². The molecule has 2 atom stereocenters. The van der Waals surface area contributed by atoms with Crippen LogP contribution in [0.4, 0.5) is 0 Å². The van der Waals surface area contributed by atoms with Gasteiger partial charge in [0.25, 0.3) is 5.91 Å². The molecule has 0 unspecified atom stereocenters. The van der Waals surface area contributed by atoms with Crippen LogP contribution in [-0.2, 0) is 11.3 Å². The first-order valence-electron chi connectivity index (χ1n) is 9.32. The van der Waals surface area contributed by atoms with Gasteiger partial charge < -0.3 is 15.4 Å². The Hall–Kier alpha value is -2.85. The molecule has 0 spiro atoms. The highest BCUT2D eigenvalue weighted by atomic mass is 16.5.